The molecule has 0 aromatic heterocycles. The normalized spacial score (nSPS) is 17.7. The summed E-state index contributed by atoms with van der Waals surface area (Å²) in [5.41, 5.74) is 0. The molecular weight excluding hydrogens is 359 g/mol. The summed E-state index contributed by atoms with van der Waals surface area (Å²) in [5.74, 6) is 0.680. The van der Waals surface area contributed by atoms with Crippen molar-refractivity contribution in [3.63, 3.8) is 0 Å². The van der Waals surface area contributed by atoms with Crippen LogP contribution in [0.15, 0.2) is 4.99 Å². The van der Waals surface area contributed by atoms with E-state index in [1.165, 1.54) is 11.9 Å². The topological polar surface area (TPSA) is 52.1 Å². The van der Waals surface area contributed by atoms with Crippen LogP contribution in [0.3, 0.4) is 0 Å². The van der Waals surface area contributed by atoms with E-state index in [0.29, 0.717) is 18.5 Å². The van der Waals surface area contributed by atoms with Crippen molar-refractivity contribution in [2.24, 2.45) is 4.99 Å². The maximum absolute atomic E-state index is 12.4. The molecule has 1 rings (SSSR count). The number of hydrogen-bond donors (Lipinski definition) is 2. The predicted octanol–water partition coefficient (Wildman–Crippen LogP) is 1.93. The van der Waals surface area contributed by atoms with Gasteiger partial charge in [0.05, 0.1) is 25.8 Å². The van der Waals surface area contributed by atoms with Gasteiger partial charge in [0.25, 0.3) is 0 Å². The Kier molecular flexibility index (Phi) is 11.0. The Labute approximate surface area is 161 Å². The molecule has 2 N–H and O–H groups in total. The van der Waals surface area contributed by atoms with Gasteiger partial charge in [-0.25, -0.2) is 0 Å². The summed E-state index contributed by atoms with van der Waals surface area (Å²) in [6, 6.07) is 0.331. The lowest BCUT2D eigenvalue weighted by Gasteiger charge is -2.33. The highest BCUT2D eigenvalue weighted by molar-refractivity contribution is 5.80. The zero-order chi connectivity index (χ0) is 20.3. The number of alkyl halides is 3. The van der Waals surface area contributed by atoms with Gasteiger partial charge in [0.15, 0.2) is 5.96 Å². The molecule has 0 amide bonds. The lowest BCUT2D eigenvalue weighted by Crippen LogP contribution is -2.49. The molecule has 0 atom stereocenters. The second-order valence-corrected chi connectivity index (χ2v) is 7.29. The zero-order valence-electron chi connectivity index (χ0n) is 17.1. The molecule has 0 saturated carbocycles. The smallest absolute Gasteiger partial charge is 0.377 e. The standard InChI is InChI=1S/C18H36F3N5O/c1-5-22-17(23-8-11-25(4)14-18(19,20)21)24-16-6-9-26(10-7-16)12-13-27-15(2)3/h15-16H,5-14H2,1-4H3,(H2,22,23,24). The molecule has 160 valence electrons. The number of nitrogens with zero attached hydrogens (tertiary/aromatic N) is 3. The number of hydrogen-bond acceptors (Lipinski definition) is 4. The van der Waals surface area contributed by atoms with Gasteiger partial charge >= 0.3 is 6.18 Å². The molecule has 1 aliphatic rings. The summed E-state index contributed by atoms with van der Waals surface area (Å²) in [4.78, 5) is 8.06. The number of aliphatic imine (C=N–C) groups is 1. The van der Waals surface area contributed by atoms with Gasteiger partial charge in [-0.05, 0) is 40.7 Å². The number of piperidine rings is 1. The third-order valence-corrected chi connectivity index (χ3v) is 4.33. The Balaban J connectivity index is 2.33. The maximum atomic E-state index is 12.4. The summed E-state index contributed by atoms with van der Waals surface area (Å²) in [6.07, 6.45) is -1.88. The highest BCUT2D eigenvalue weighted by Gasteiger charge is 2.28. The zero-order valence-corrected chi connectivity index (χ0v) is 17.1. The molecule has 0 bridgehead atoms. The Morgan fingerprint density at radius 2 is 1.96 bits per heavy atom. The number of likely N-dealkylation sites (N-methyl/N-ethyl adjacent to an activating group) is 1. The van der Waals surface area contributed by atoms with Gasteiger partial charge in [0.2, 0.25) is 0 Å². The Bertz CT molecular complexity index is 424. The first-order valence-electron chi connectivity index (χ1n) is 9.83. The van der Waals surface area contributed by atoms with E-state index < -0.39 is 12.7 Å². The van der Waals surface area contributed by atoms with E-state index in [9.17, 15) is 13.2 Å². The van der Waals surface area contributed by atoms with Crippen molar-refractivity contribution in [2.45, 2.75) is 51.9 Å². The Hall–Kier alpha value is -1.06. The molecule has 1 fully saturated rings. The molecule has 0 aromatic rings. The van der Waals surface area contributed by atoms with Crippen LogP contribution in [-0.2, 0) is 4.74 Å². The average molecular weight is 396 g/mol. The fourth-order valence-corrected chi connectivity index (χ4v) is 2.95. The van der Waals surface area contributed by atoms with Gasteiger partial charge in [-0.2, -0.15) is 13.2 Å². The number of guanidine groups is 1. The van der Waals surface area contributed by atoms with Crippen molar-refractivity contribution in [1.29, 1.82) is 0 Å². The molecule has 0 spiro atoms. The summed E-state index contributed by atoms with van der Waals surface area (Å²) in [7, 11) is 1.46. The first kappa shape index (κ1) is 24.0. The van der Waals surface area contributed by atoms with E-state index in [1.54, 1.807) is 0 Å². The van der Waals surface area contributed by atoms with Gasteiger partial charge in [-0.15, -0.1) is 0 Å². The average Bonchev–Trinajstić information content (AvgIpc) is 2.54. The molecule has 0 unspecified atom stereocenters. The summed E-state index contributed by atoms with van der Waals surface area (Å²) in [6.45, 7) is 10.2. The molecule has 6 nitrogen and oxygen atoms in total. The van der Waals surface area contributed by atoms with Crippen molar-refractivity contribution in [3.8, 4) is 0 Å². The number of nitrogens with one attached hydrogen (secondary N) is 2. The highest BCUT2D eigenvalue weighted by atomic mass is 19.4. The number of rotatable bonds is 10. The molecule has 1 heterocycles. The minimum Gasteiger partial charge on any atom is -0.377 e. The third kappa shape index (κ3) is 12.1. The summed E-state index contributed by atoms with van der Waals surface area (Å²) in [5, 5.41) is 6.59. The van der Waals surface area contributed by atoms with Gasteiger partial charge < -0.3 is 20.3 Å². The van der Waals surface area contributed by atoms with Gasteiger partial charge in [-0.1, -0.05) is 0 Å². The predicted molar refractivity (Wildman–Crippen MR) is 103 cm³/mol. The van der Waals surface area contributed by atoms with Crippen LogP contribution in [0.2, 0.25) is 0 Å². The number of likely N-dealkylation sites (tertiary alicyclic amines) is 1. The molecule has 27 heavy (non-hydrogen) atoms. The van der Waals surface area contributed by atoms with Crippen LogP contribution in [0.4, 0.5) is 13.2 Å². The number of ether oxygens (including phenoxy) is 1. The van der Waals surface area contributed by atoms with Crippen molar-refractivity contribution in [1.82, 2.24) is 20.4 Å². The molecule has 0 radical (unpaired) electrons. The third-order valence-electron chi connectivity index (χ3n) is 4.33. The van der Waals surface area contributed by atoms with Crippen LogP contribution in [0, 0.1) is 0 Å². The van der Waals surface area contributed by atoms with Gasteiger partial charge in [0, 0.05) is 38.8 Å². The number of halogens is 3. The minimum absolute atomic E-state index is 0.262. The molecule has 1 saturated heterocycles. The van der Waals surface area contributed by atoms with Crippen LogP contribution in [-0.4, -0.2) is 93.5 Å². The fourth-order valence-electron chi connectivity index (χ4n) is 2.95. The van der Waals surface area contributed by atoms with Crippen LogP contribution >= 0.6 is 0 Å². The van der Waals surface area contributed by atoms with E-state index >= 15 is 0 Å². The van der Waals surface area contributed by atoms with E-state index in [1.807, 2.05) is 20.8 Å². The lowest BCUT2D eigenvalue weighted by atomic mass is 10.1. The molecule has 0 aliphatic carbocycles. The van der Waals surface area contributed by atoms with Gasteiger partial charge in [-0.3, -0.25) is 9.89 Å². The molecule has 9 heteroatoms. The highest BCUT2D eigenvalue weighted by Crippen LogP contribution is 2.15. The minimum atomic E-state index is -4.17. The van der Waals surface area contributed by atoms with Crippen LogP contribution < -0.4 is 10.6 Å². The monoisotopic (exact) mass is 395 g/mol. The second kappa shape index (κ2) is 12.4. The molecule has 1 aliphatic heterocycles. The molecular formula is C18H36F3N5O. The maximum Gasteiger partial charge on any atom is 0.401 e. The Morgan fingerprint density at radius 3 is 2.52 bits per heavy atom. The van der Waals surface area contributed by atoms with Crippen molar-refractivity contribution in [2.75, 3.05) is 59.5 Å². The fraction of sp³-hybridized carbons (Fsp3) is 0.944. The van der Waals surface area contributed by atoms with E-state index in [-0.39, 0.29) is 12.6 Å². The quantitative estimate of drug-likeness (QED) is 0.437. The van der Waals surface area contributed by atoms with Gasteiger partial charge in [0.1, 0.15) is 0 Å². The summed E-state index contributed by atoms with van der Waals surface area (Å²) < 4.78 is 42.7. The van der Waals surface area contributed by atoms with E-state index in [0.717, 1.165) is 45.6 Å². The summed E-state index contributed by atoms with van der Waals surface area (Å²) >= 11 is 0. The first-order chi connectivity index (χ1) is 12.7. The SMILES string of the molecule is CCNC(=NCCN(C)CC(F)(F)F)NC1CCN(CCOC(C)C)CC1. The van der Waals surface area contributed by atoms with E-state index in [4.69, 9.17) is 4.74 Å². The van der Waals surface area contributed by atoms with Crippen molar-refractivity contribution in [3.05, 3.63) is 0 Å². The van der Waals surface area contributed by atoms with Crippen LogP contribution in [0.25, 0.3) is 0 Å². The molecule has 0 aromatic carbocycles. The second-order valence-electron chi connectivity index (χ2n) is 7.29. The van der Waals surface area contributed by atoms with Crippen LogP contribution in [0.1, 0.15) is 33.6 Å². The van der Waals surface area contributed by atoms with Crippen LogP contribution in [0.5, 0.6) is 0 Å². The first-order valence-corrected chi connectivity index (χ1v) is 9.83. The Morgan fingerprint density at radius 1 is 1.30 bits per heavy atom. The largest absolute Gasteiger partial charge is 0.401 e. The van der Waals surface area contributed by atoms with Crippen molar-refractivity contribution >= 4 is 5.96 Å². The lowest BCUT2D eigenvalue weighted by molar-refractivity contribution is -0.142. The van der Waals surface area contributed by atoms with Crippen molar-refractivity contribution < 1.29 is 17.9 Å². The van der Waals surface area contributed by atoms with E-state index in [2.05, 4.69) is 20.5 Å².